The highest BCUT2D eigenvalue weighted by Gasteiger charge is 2.00. The van der Waals surface area contributed by atoms with Gasteiger partial charge in [0.05, 0.1) is 11.9 Å². The fourth-order valence-corrected chi connectivity index (χ4v) is 1.52. The molecule has 0 amide bonds. The first-order valence-electron chi connectivity index (χ1n) is 4.87. The van der Waals surface area contributed by atoms with Gasteiger partial charge in [0.2, 0.25) is 0 Å². The lowest BCUT2D eigenvalue weighted by atomic mass is 10.5. The van der Waals surface area contributed by atoms with E-state index in [2.05, 4.69) is 20.5 Å². The molecule has 0 bridgehead atoms. The van der Waals surface area contributed by atoms with E-state index < -0.39 is 0 Å². The van der Waals surface area contributed by atoms with Crippen molar-refractivity contribution in [2.45, 2.75) is 0 Å². The van der Waals surface area contributed by atoms with Crippen molar-refractivity contribution in [2.24, 2.45) is 7.05 Å². The zero-order chi connectivity index (χ0) is 11.0. The van der Waals surface area contributed by atoms with Crippen molar-refractivity contribution in [3.8, 4) is 0 Å². The minimum Gasteiger partial charge on any atom is -0.336 e. The van der Waals surface area contributed by atoms with Gasteiger partial charge >= 0.3 is 0 Å². The first-order chi connectivity index (χ1) is 7.81. The fourth-order valence-electron chi connectivity index (χ4n) is 1.52. The predicted octanol–water partition coefficient (Wildman–Crippen LogP) is 1.21. The SMILES string of the molecule is Cn1cc(Nc2ccc3nccn3n2)cn1. The number of anilines is 2. The van der Waals surface area contributed by atoms with E-state index in [0.29, 0.717) is 0 Å². The molecular formula is C10H10N6. The lowest BCUT2D eigenvalue weighted by molar-refractivity contribution is 0.768. The molecular weight excluding hydrogens is 204 g/mol. The van der Waals surface area contributed by atoms with E-state index in [9.17, 15) is 0 Å². The van der Waals surface area contributed by atoms with E-state index in [0.717, 1.165) is 17.2 Å². The summed E-state index contributed by atoms with van der Waals surface area (Å²) < 4.78 is 3.46. The fraction of sp³-hybridized carbons (Fsp3) is 0.100. The Hall–Kier alpha value is -2.37. The number of aromatic nitrogens is 5. The van der Waals surface area contributed by atoms with Crippen molar-refractivity contribution >= 4 is 17.2 Å². The lowest BCUT2D eigenvalue weighted by Gasteiger charge is -2.01. The van der Waals surface area contributed by atoms with Gasteiger partial charge in [0.25, 0.3) is 0 Å². The number of aryl methyl sites for hydroxylation is 1. The van der Waals surface area contributed by atoms with Crippen molar-refractivity contribution in [2.75, 3.05) is 5.32 Å². The number of nitrogens with zero attached hydrogens (tertiary/aromatic N) is 5. The van der Waals surface area contributed by atoms with Crippen molar-refractivity contribution in [1.82, 2.24) is 24.4 Å². The van der Waals surface area contributed by atoms with Crippen molar-refractivity contribution in [3.63, 3.8) is 0 Å². The standard InChI is InChI=1S/C10H10N6/c1-15-7-8(6-12-15)13-9-2-3-10-11-4-5-16(10)14-9/h2-7H,1H3,(H,13,14). The second-order valence-electron chi connectivity index (χ2n) is 3.48. The van der Waals surface area contributed by atoms with Crippen LogP contribution < -0.4 is 5.32 Å². The quantitative estimate of drug-likeness (QED) is 0.696. The highest BCUT2D eigenvalue weighted by atomic mass is 15.3. The predicted molar refractivity (Wildman–Crippen MR) is 59.5 cm³/mol. The summed E-state index contributed by atoms with van der Waals surface area (Å²) in [6, 6.07) is 3.79. The Morgan fingerprint density at radius 1 is 1.31 bits per heavy atom. The molecule has 0 aliphatic carbocycles. The zero-order valence-corrected chi connectivity index (χ0v) is 8.70. The second-order valence-corrected chi connectivity index (χ2v) is 3.48. The normalized spacial score (nSPS) is 10.8. The molecule has 3 aromatic heterocycles. The largest absolute Gasteiger partial charge is 0.336 e. The van der Waals surface area contributed by atoms with E-state index in [1.165, 1.54) is 0 Å². The summed E-state index contributed by atoms with van der Waals surface area (Å²) in [6.45, 7) is 0. The highest BCUT2D eigenvalue weighted by molar-refractivity contribution is 5.55. The van der Waals surface area contributed by atoms with E-state index in [-0.39, 0.29) is 0 Å². The van der Waals surface area contributed by atoms with Crippen LogP contribution in [0.3, 0.4) is 0 Å². The third kappa shape index (κ3) is 1.50. The van der Waals surface area contributed by atoms with Crippen LogP contribution in [0.1, 0.15) is 0 Å². The van der Waals surface area contributed by atoms with E-state index >= 15 is 0 Å². The Labute approximate surface area is 91.5 Å². The Bertz CT molecular complexity index is 623. The molecule has 16 heavy (non-hydrogen) atoms. The molecule has 0 radical (unpaired) electrons. The van der Waals surface area contributed by atoms with Gasteiger partial charge in [0.1, 0.15) is 0 Å². The summed E-state index contributed by atoms with van der Waals surface area (Å²) >= 11 is 0. The van der Waals surface area contributed by atoms with Crippen LogP contribution in [0.25, 0.3) is 5.65 Å². The van der Waals surface area contributed by atoms with Crippen molar-refractivity contribution in [1.29, 1.82) is 0 Å². The van der Waals surface area contributed by atoms with Gasteiger partial charge in [-0.3, -0.25) is 4.68 Å². The number of hydrogen-bond donors (Lipinski definition) is 1. The number of imidazole rings is 1. The summed E-state index contributed by atoms with van der Waals surface area (Å²) in [4.78, 5) is 4.13. The average molecular weight is 214 g/mol. The maximum atomic E-state index is 4.35. The maximum Gasteiger partial charge on any atom is 0.153 e. The molecule has 0 fully saturated rings. The topological polar surface area (TPSA) is 60.0 Å². The maximum absolute atomic E-state index is 4.35. The van der Waals surface area contributed by atoms with Gasteiger partial charge in [-0.25, -0.2) is 9.50 Å². The number of rotatable bonds is 2. The number of hydrogen-bond acceptors (Lipinski definition) is 4. The monoisotopic (exact) mass is 214 g/mol. The van der Waals surface area contributed by atoms with Gasteiger partial charge in [-0.1, -0.05) is 0 Å². The minimum atomic E-state index is 0.763. The molecule has 3 aromatic rings. The van der Waals surface area contributed by atoms with Crippen LogP contribution in [0.15, 0.2) is 36.9 Å². The van der Waals surface area contributed by atoms with Crippen LogP contribution in [-0.2, 0) is 7.05 Å². The first-order valence-corrected chi connectivity index (χ1v) is 4.87. The summed E-state index contributed by atoms with van der Waals surface area (Å²) in [7, 11) is 1.87. The second kappa shape index (κ2) is 3.34. The highest BCUT2D eigenvalue weighted by Crippen LogP contribution is 2.12. The first kappa shape index (κ1) is 8.90. The van der Waals surface area contributed by atoms with Crippen LogP contribution in [0.2, 0.25) is 0 Å². The third-order valence-corrected chi connectivity index (χ3v) is 2.23. The van der Waals surface area contributed by atoms with Crippen molar-refractivity contribution < 1.29 is 0 Å². The molecule has 0 atom stereocenters. The summed E-state index contributed by atoms with van der Waals surface area (Å²) in [5, 5.41) is 11.6. The third-order valence-electron chi connectivity index (χ3n) is 2.23. The van der Waals surface area contributed by atoms with Crippen LogP contribution in [-0.4, -0.2) is 24.4 Å². The Morgan fingerprint density at radius 2 is 2.25 bits per heavy atom. The molecule has 0 spiro atoms. The lowest BCUT2D eigenvalue weighted by Crippen LogP contribution is -1.97. The molecule has 0 saturated carbocycles. The Balaban J connectivity index is 1.94. The van der Waals surface area contributed by atoms with Gasteiger partial charge in [-0.05, 0) is 12.1 Å². The number of fused-ring (bicyclic) bond motifs is 1. The minimum absolute atomic E-state index is 0.763. The molecule has 0 unspecified atom stereocenters. The summed E-state index contributed by atoms with van der Waals surface area (Å²) in [5.41, 5.74) is 1.74. The van der Waals surface area contributed by atoms with Gasteiger partial charge in [-0.15, -0.1) is 5.10 Å². The molecule has 80 valence electrons. The molecule has 0 aliphatic heterocycles. The molecule has 6 heteroatoms. The Kier molecular flexibility index (Phi) is 1.86. The van der Waals surface area contributed by atoms with Gasteiger partial charge < -0.3 is 5.32 Å². The summed E-state index contributed by atoms with van der Waals surface area (Å²) in [6.07, 6.45) is 7.17. The van der Waals surface area contributed by atoms with E-state index in [4.69, 9.17) is 0 Å². The molecule has 3 heterocycles. The van der Waals surface area contributed by atoms with Crippen LogP contribution in [0.4, 0.5) is 11.5 Å². The average Bonchev–Trinajstić information content (AvgIpc) is 2.87. The number of nitrogens with one attached hydrogen (secondary N) is 1. The molecule has 0 aromatic carbocycles. The molecule has 1 N–H and O–H groups in total. The van der Waals surface area contributed by atoms with Gasteiger partial charge in [-0.2, -0.15) is 5.10 Å². The molecule has 6 nitrogen and oxygen atoms in total. The molecule has 0 saturated heterocycles. The molecule has 0 aliphatic rings. The smallest absolute Gasteiger partial charge is 0.153 e. The van der Waals surface area contributed by atoms with Crippen LogP contribution >= 0.6 is 0 Å². The van der Waals surface area contributed by atoms with E-state index in [1.54, 1.807) is 21.6 Å². The molecule has 3 rings (SSSR count). The zero-order valence-electron chi connectivity index (χ0n) is 8.70. The van der Waals surface area contributed by atoms with Gasteiger partial charge in [0, 0.05) is 25.6 Å². The van der Waals surface area contributed by atoms with Crippen LogP contribution in [0, 0.1) is 0 Å². The summed E-state index contributed by atoms with van der Waals surface area (Å²) in [5.74, 6) is 0.763. The van der Waals surface area contributed by atoms with Gasteiger partial charge in [0.15, 0.2) is 11.5 Å². The van der Waals surface area contributed by atoms with E-state index in [1.807, 2.05) is 31.6 Å². The van der Waals surface area contributed by atoms with Crippen LogP contribution in [0.5, 0.6) is 0 Å². The Morgan fingerprint density at radius 3 is 3.06 bits per heavy atom. The van der Waals surface area contributed by atoms with Crippen molar-refractivity contribution in [3.05, 3.63) is 36.9 Å².